The predicted octanol–water partition coefficient (Wildman–Crippen LogP) is 3.40. The number of nitrogens with zero attached hydrogens (tertiary/aromatic N) is 1. The van der Waals surface area contributed by atoms with E-state index in [1.54, 1.807) is 11.8 Å². The highest BCUT2D eigenvalue weighted by Gasteiger charge is 2.12. The molecule has 0 bridgehead atoms. The fourth-order valence-electron chi connectivity index (χ4n) is 1.53. The summed E-state index contributed by atoms with van der Waals surface area (Å²) in [4.78, 5) is 16.5. The van der Waals surface area contributed by atoms with E-state index in [2.05, 4.69) is 10.3 Å². The number of nitrogens with one attached hydrogen (secondary N) is 1. The number of rotatable bonds is 5. The Hall–Kier alpha value is -1.59. The maximum Gasteiger partial charge on any atom is 0.254 e. The SMILES string of the molecule is O=C(NCCSc1ccccc1)c1cc(F)cnc1Cl. The van der Waals surface area contributed by atoms with E-state index in [4.69, 9.17) is 11.6 Å². The first-order chi connectivity index (χ1) is 9.66. The van der Waals surface area contributed by atoms with E-state index in [9.17, 15) is 9.18 Å². The van der Waals surface area contributed by atoms with Crippen molar-refractivity contribution >= 4 is 29.3 Å². The van der Waals surface area contributed by atoms with Crippen molar-refractivity contribution in [3.63, 3.8) is 0 Å². The van der Waals surface area contributed by atoms with E-state index >= 15 is 0 Å². The Labute approximate surface area is 125 Å². The summed E-state index contributed by atoms with van der Waals surface area (Å²) >= 11 is 7.38. The van der Waals surface area contributed by atoms with Gasteiger partial charge in [-0.2, -0.15) is 0 Å². The molecule has 0 saturated heterocycles. The zero-order chi connectivity index (χ0) is 14.4. The molecule has 2 aromatic rings. The van der Waals surface area contributed by atoms with Gasteiger partial charge in [0.15, 0.2) is 0 Å². The molecule has 0 unspecified atom stereocenters. The van der Waals surface area contributed by atoms with Crippen molar-refractivity contribution in [1.82, 2.24) is 10.3 Å². The summed E-state index contributed by atoms with van der Waals surface area (Å²) in [6, 6.07) is 10.9. The second-order valence-corrected chi connectivity index (χ2v) is 5.44. The third-order valence-corrected chi connectivity index (χ3v) is 3.76. The zero-order valence-corrected chi connectivity index (χ0v) is 12.0. The van der Waals surface area contributed by atoms with Crippen LogP contribution in [0.4, 0.5) is 4.39 Å². The number of pyridine rings is 1. The Balaban J connectivity index is 1.82. The molecule has 1 heterocycles. The number of carbonyl (C=O) groups excluding carboxylic acids is 1. The molecule has 0 aliphatic rings. The Bertz CT molecular complexity index is 595. The molecule has 0 aliphatic heterocycles. The van der Waals surface area contributed by atoms with Crippen LogP contribution in [0.1, 0.15) is 10.4 Å². The number of thioether (sulfide) groups is 1. The normalized spacial score (nSPS) is 10.3. The highest BCUT2D eigenvalue weighted by Crippen LogP contribution is 2.16. The van der Waals surface area contributed by atoms with Crippen molar-refractivity contribution in [2.75, 3.05) is 12.3 Å². The van der Waals surface area contributed by atoms with Crippen LogP contribution in [-0.2, 0) is 0 Å². The van der Waals surface area contributed by atoms with E-state index in [-0.39, 0.29) is 10.7 Å². The molecule has 3 nitrogen and oxygen atoms in total. The summed E-state index contributed by atoms with van der Waals surface area (Å²) in [6.45, 7) is 0.464. The van der Waals surface area contributed by atoms with Crippen molar-refractivity contribution in [3.05, 3.63) is 59.1 Å². The minimum atomic E-state index is -0.585. The van der Waals surface area contributed by atoms with E-state index < -0.39 is 11.7 Å². The molecule has 0 saturated carbocycles. The summed E-state index contributed by atoms with van der Waals surface area (Å²) in [5.74, 6) is -0.287. The fraction of sp³-hybridized carbons (Fsp3) is 0.143. The van der Waals surface area contributed by atoms with E-state index in [0.29, 0.717) is 6.54 Å². The molecule has 6 heteroatoms. The van der Waals surface area contributed by atoms with Crippen LogP contribution >= 0.6 is 23.4 Å². The van der Waals surface area contributed by atoms with Gasteiger partial charge >= 0.3 is 0 Å². The van der Waals surface area contributed by atoms with Gasteiger partial charge in [-0.05, 0) is 18.2 Å². The minimum absolute atomic E-state index is 0.000359. The average molecular weight is 311 g/mol. The van der Waals surface area contributed by atoms with Crippen molar-refractivity contribution in [2.45, 2.75) is 4.90 Å². The van der Waals surface area contributed by atoms with Crippen LogP contribution in [0, 0.1) is 5.82 Å². The highest BCUT2D eigenvalue weighted by molar-refractivity contribution is 7.99. The van der Waals surface area contributed by atoms with Gasteiger partial charge in [-0.3, -0.25) is 4.79 Å². The van der Waals surface area contributed by atoms with E-state index in [0.717, 1.165) is 22.9 Å². The summed E-state index contributed by atoms with van der Waals surface area (Å²) in [7, 11) is 0. The Kier molecular flexibility index (Phi) is 5.38. The van der Waals surface area contributed by atoms with Gasteiger partial charge in [0.05, 0.1) is 11.8 Å². The Morgan fingerprint density at radius 1 is 1.35 bits per heavy atom. The van der Waals surface area contributed by atoms with E-state index in [1.807, 2.05) is 30.3 Å². The minimum Gasteiger partial charge on any atom is -0.351 e. The average Bonchev–Trinajstić information content (AvgIpc) is 2.47. The van der Waals surface area contributed by atoms with Gasteiger partial charge in [0.25, 0.3) is 5.91 Å². The molecule has 0 aliphatic carbocycles. The lowest BCUT2D eigenvalue weighted by Gasteiger charge is -2.06. The number of carbonyl (C=O) groups is 1. The first-order valence-corrected chi connectivity index (χ1v) is 7.30. The van der Waals surface area contributed by atoms with Crippen molar-refractivity contribution in [2.24, 2.45) is 0 Å². The molecule has 20 heavy (non-hydrogen) atoms. The number of amides is 1. The molecule has 1 aromatic carbocycles. The molecule has 0 spiro atoms. The third kappa shape index (κ3) is 4.21. The molecule has 0 atom stereocenters. The van der Waals surface area contributed by atoms with Crippen LogP contribution in [0.5, 0.6) is 0 Å². The van der Waals surface area contributed by atoms with Gasteiger partial charge < -0.3 is 5.32 Å². The predicted molar refractivity (Wildman–Crippen MR) is 78.7 cm³/mol. The molecule has 0 fully saturated rings. The number of aromatic nitrogens is 1. The second kappa shape index (κ2) is 7.26. The Morgan fingerprint density at radius 2 is 2.10 bits per heavy atom. The summed E-state index contributed by atoms with van der Waals surface area (Å²) in [6.07, 6.45) is 0.977. The van der Waals surface area contributed by atoms with Crippen LogP contribution in [0.2, 0.25) is 5.15 Å². The lowest BCUT2D eigenvalue weighted by atomic mass is 10.2. The van der Waals surface area contributed by atoms with Gasteiger partial charge in [0, 0.05) is 17.2 Å². The van der Waals surface area contributed by atoms with Crippen LogP contribution in [0.15, 0.2) is 47.5 Å². The first-order valence-electron chi connectivity index (χ1n) is 5.94. The number of benzene rings is 1. The summed E-state index contributed by atoms with van der Waals surface area (Å²) in [5.41, 5.74) is 0.0522. The van der Waals surface area contributed by atoms with Crippen molar-refractivity contribution < 1.29 is 9.18 Å². The summed E-state index contributed by atoms with van der Waals surface area (Å²) in [5, 5.41) is 2.69. The molecule has 1 amide bonds. The van der Waals surface area contributed by atoms with Crippen LogP contribution in [-0.4, -0.2) is 23.2 Å². The monoisotopic (exact) mass is 310 g/mol. The molecular weight excluding hydrogens is 299 g/mol. The number of halogens is 2. The first kappa shape index (κ1) is 14.8. The van der Waals surface area contributed by atoms with Crippen LogP contribution in [0.3, 0.4) is 0 Å². The molecule has 2 rings (SSSR count). The van der Waals surface area contributed by atoms with Crippen molar-refractivity contribution in [3.8, 4) is 0 Å². The van der Waals surface area contributed by atoms with Gasteiger partial charge in [0.1, 0.15) is 11.0 Å². The Morgan fingerprint density at radius 3 is 2.85 bits per heavy atom. The van der Waals surface area contributed by atoms with Gasteiger partial charge in [-0.25, -0.2) is 9.37 Å². The van der Waals surface area contributed by atoms with Gasteiger partial charge in [-0.1, -0.05) is 29.8 Å². The largest absolute Gasteiger partial charge is 0.351 e. The highest BCUT2D eigenvalue weighted by atomic mass is 35.5. The molecule has 1 N–H and O–H groups in total. The quantitative estimate of drug-likeness (QED) is 0.523. The zero-order valence-electron chi connectivity index (χ0n) is 10.5. The van der Waals surface area contributed by atoms with Crippen LogP contribution < -0.4 is 5.32 Å². The number of hydrogen-bond donors (Lipinski definition) is 1. The molecule has 104 valence electrons. The second-order valence-electron chi connectivity index (χ2n) is 3.91. The third-order valence-electron chi connectivity index (χ3n) is 2.45. The van der Waals surface area contributed by atoms with Gasteiger partial charge in [0.2, 0.25) is 0 Å². The molecule has 0 radical (unpaired) electrons. The lowest BCUT2D eigenvalue weighted by Crippen LogP contribution is -2.26. The molecular formula is C14H12ClFN2OS. The van der Waals surface area contributed by atoms with Crippen LogP contribution in [0.25, 0.3) is 0 Å². The maximum absolute atomic E-state index is 13.0. The lowest BCUT2D eigenvalue weighted by molar-refractivity contribution is 0.0955. The van der Waals surface area contributed by atoms with Gasteiger partial charge in [-0.15, -0.1) is 11.8 Å². The maximum atomic E-state index is 13.0. The van der Waals surface area contributed by atoms with Crippen molar-refractivity contribution in [1.29, 1.82) is 0 Å². The molecule has 1 aromatic heterocycles. The summed E-state index contributed by atoms with van der Waals surface area (Å²) < 4.78 is 13.0. The topological polar surface area (TPSA) is 42.0 Å². The number of hydrogen-bond acceptors (Lipinski definition) is 3. The smallest absolute Gasteiger partial charge is 0.254 e. The fourth-order valence-corrected chi connectivity index (χ4v) is 2.51. The standard InChI is InChI=1S/C14H12ClFN2OS/c15-13-12(8-10(16)9-18-13)14(19)17-6-7-20-11-4-2-1-3-5-11/h1-5,8-9H,6-7H2,(H,17,19). The van der Waals surface area contributed by atoms with E-state index in [1.165, 1.54) is 0 Å².